The van der Waals surface area contributed by atoms with Crippen LogP contribution in [-0.2, 0) is 10.8 Å². The van der Waals surface area contributed by atoms with E-state index in [0.717, 1.165) is 23.9 Å². The number of hydrogen-bond acceptors (Lipinski definition) is 1. The molecule has 1 N–H and O–H groups in total. The first-order valence-electron chi connectivity index (χ1n) is 4.82. The average Bonchev–Trinajstić information content (AvgIpc) is 2.20. The average molecular weight is 368 g/mol. The number of nitrogens with one attached hydrogen (secondary N) is 1. The highest BCUT2D eigenvalue weighted by Gasteiger charge is 2.04. The van der Waals surface area contributed by atoms with Gasteiger partial charge in [0.05, 0.1) is 0 Å². The molecule has 0 saturated heterocycles. The summed E-state index contributed by atoms with van der Waals surface area (Å²) < 4.78 is 2.32. The van der Waals surface area contributed by atoms with E-state index in [1.807, 2.05) is 0 Å². The standard InChI is InChI=1S/C11H15BrIN/c1-2-14-7-6-10-9(8-13)4-3-5-11(10)12/h3-5,14H,2,6-8H2,1H3. The van der Waals surface area contributed by atoms with Gasteiger partial charge in [0, 0.05) is 8.90 Å². The normalized spacial score (nSPS) is 10.5. The van der Waals surface area contributed by atoms with E-state index in [-0.39, 0.29) is 0 Å². The van der Waals surface area contributed by atoms with Crippen molar-refractivity contribution in [2.45, 2.75) is 17.8 Å². The third-order valence-electron chi connectivity index (χ3n) is 2.16. The minimum absolute atomic E-state index is 1.05. The molecule has 3 heteroatoms. The molecule has 0 aromatic heterocycles. The molecule has 0 heterocycles. The molecule has 0 saturated carbocycles. The molecule has 0 unspecified atom stereocenters. The summed E-state index contributed by atoms with van der Waals surface area (Å²) in [5.74, 6) is 0. The molecule has 0 fully saturated rings. The molecule has 0 spiro atoms. The molecule has 0 bridgehead atoms. The molecular formula is C11H15BrIN. The van der Waals surface area contributed by atoms with Crippen molar-refractivity contribution >= 4 is 38.5 Å². The maximum Gasteiger partial charge on any atom is 0.0250 e. The Bertz CT molecular complexity index is 289. The zero-order chi connectivity index (χ0) is 10.4. The van der Waals surface area contributed by atoms with Crippen LogP contribution in [0.5, 0.6) is 0 Å². The monoisotopic (exact) mass is 367 g/mol. The summed E-state index contributed by atoms with van der Waals surface area (Å²) in [5, 5.41) is 3.35. The lowest BCUT2D eigenvalue weighted by atomic mass is 10.1. The Labute approximate surface area is 108 Å². The quantitative estimate of drug-likeness (QED) is 0.477. The van der Waals surface area contributed by atoms with Crippen molar-refractivity contribution in [3.63, 3.8) is 0 Å². The fourth-order valence-electron chi connectivity index (χ4n) is 1.40. The van der Waals surface area contributed by atoms with E-state index >= 15 is 0 Å². The summed E-state index contributed by atoms with van der Waals surface area (Å²) in [7, 11) is 0. The molecule has 0 amide bonds. The van der Waals surface area contributed by atoms with Crippen molar-refractivity contribution in [3.8, 4) is 0 Å². The fraction of sp³-hybridized carbons (Fsp3) is 0.455. The Balaban J connectivity index is 2.72. The van der Waals surface area contributed by atoms with Crippen LogP contribution in [0.2, 0.25) is 0 Å². The zero-order valence-electron chi connectivity index (χ0n) is 8.32. The van der Waals surface area contributed by atoms with E-state index in [1.165, 1.54) is 15.6 Å². The second-order valence-corrected chi connectivity index (χ2v) is 4.73. The van der Waals surface area contributed by atoms with Crippen LogP contribution in [0, 0.1) is 0 Å². The van der Waals surface area contributed by atoms with Gasteiger partial charge in [-0.2, -0.15) is 0 Å². The Hall–Kier alpha value is 0.390. The van der Waals surface area contributed by atoms with Gasteiger partial charge in [-0.1, -0.05) is 57.6 Å². The van der Waals surface area contributed by atoms with Gasteiger partial charge >= 0.3 is 0 Å². The van der Waals surface area contributed by atoms with Gasteiger partial charge < -0.3 is 5.32 Å². The van der Waals surface area contributed by atoms with Crippen LogP contribution in [0.4, 0.5) is 0 Å². The molecule has 0 radical (unpaired) electrons. The number of hydrogen-bond donors (Lipinski definition) is 1. The molecule has 1 rings (SSSR count). The van der Waals surface area contributed by atoms with Crippen molar-refractivity contribution in [3.05, 3.63) is 33.8 Å². The topological polar surface area (TPSA) is 12.0 Å². The minimum atomic E-state index is 1.05. The van der Waals surface area contributed by atoms with Crippen molar-refractivity contribution < 1.29 is 0 Å². The molecule has 78 valence electrons. The molecule has 0 atom stereocenters. The lowest BCUT2D eigenvalue weighted by molar-refractivity contribution is 0.713. The molecule has 1 aromatic carbocycles. The number of rotatable bonds is 5. The second-order valence-electron chi connectivity index (χ2n) is 3.11. The van der Waals surface area contributed by atoms with Crippen LogP contribution in [0.3, 0.4) is 0 Å². The molecule has 0 aliphatic carbocycles. The summed E-state index contributed by atoms with van der Waals surface area (Å²) in [6.07, 6.45) is 1.10. The van der Waals surface area contributed by atoms with Gasteiger partial charge in [0.15, 0.2) is 0 Å². The smallest absolute Gasteiger partial charge is 0.0250 e. The summed E-state index contributed by atoms with van der Waals surface area (Å²) in [6, 6.07) is 6.43. The Morgan fingerprint density at radius 3 is 2.86 bits per heavy atom. The second kappa shape index (κ2) is 6.80. The fourth-order valence-corrected chi connectivity index (χ4v) is 2.72. The molecule has 1 aromatic rings. The van der Waals surface area contributed by atoms with E-state index in [4.69, 9.17) is 0 Å². The van der Waals surface area contributed by atoms with E-state index in [1.54, 1.807) is 0 Å². The largest absolute Gasteiger partial charge is 0.317 e. The Kier molecular flexibility index (Phi) is 6.05. The van der Waals surface area contributed by atoms with Crippen molar-refractivity contribution in [2.75, 3.05) is 13.1 Å². The molecule has 1 nitrogen and oxygen atoms in total. The molecule has 0 aliphatic heterocycles. The maximum absolute atomic E-state index is 3.61. The first-order valence-corrected chi connectivity index (χ1v) is 7.14. The summed E-state index contributed by atoms with van der Waals surface area (Å²) in [5.41, 5.74) is 2.89. The van der Waals surface area contributed by atoms with Crippen LogP contribution in [0.15, 0.2) is 22.7 Å². The van der Waals surface area contributed by atoms with Crippen LogP contribution in [0.25, 0.3) is 0 Å². The number of likely N-dealkylation sites (N-methyl/N-ethyl adjacent to an activating group) is 1. The van der Waals surface area contributed by atoms with Gasteiger partial charge in [0.1, 0.15) is 0 Å². The van der Waals surface area contributed by atoms with Crippen molar-refractivity contribution in [1.29, 1.82) is 0 Å². The zero-order valence-corrected chi connectivity index (χ0v) is 12.1. The summed E-state index contributed by atoms with van der Waals surface area (Å²) in [6.45, 7) is 4.24. The molecule has 0 aliphatic rings. The SMILES string of the molecule is CCNCCc1c(Br)cccc1CI. The van der Waals surface area contributed by atoms with Gasteiger partial charge in [-0.15, -0.1) is 0 Å². The van der Waals surface area contributed by atoms with Gasteiger partial charge in [0.2, 0.25) is 0 Å². The third-order valence-corrected chi connectivity index (χ3v) is 3.73. The van der Waals surface area contributed by atoms with Crippen molar-refractivity contribution in [1.82, 2.24) is 5.32 Å². The number of benzene rings is 1. The van der Waals surface area contributed by atoms with Crippen LogP contribution >= 0.6 is 38.5 Å². The highest BCUT2D eigenvalue weighted by Crippen LogP contribution is 2.22. The highest BCUT2D eigenvalue weighted by atomic mass is 127. The Morgan fingerprint density at radius 1 is 1.43 bits per heavy atom. The maximum atomic E-state index is 3.61. The predicted molar refractivity (Wildman–Crippen MR) is 74.1 cm³/mol. The highest BCUT2D eigenvalue weighted by molar-refractivity contribution is 14.1. The van der Waals surface area contributed by atoms with Crippen LogP contribution < -0.4 is 5.32 Å². The van der Waals surface area contributed by atoms with E-state index < -0.39 is 0 Å². The summed E-state index contributed by atoms with van der Waals surface area (Å²) >= 11 is 6.02. The van der Waals surface area contributed by atoms with Gasteiger partial charge in [0.25, 0.3) is 0 Å². The van der Waals surface area contributed by atoms with Crippen molar-refractivity contribution in [2.24, 2.45) is 0 Å². The minimum Gasteiger partial charge on any atom is -0.317 e. The van der Waals surface area contributed by atoms with E-state index in [2.05, 4.69) is 69.0 Å². The van der Waals surface area contributed by atoms with Gasteiger partial charge in [-0.25, -0.2) is 0 Å². The third kappa shape index (κ3) is 3.51. The van der Waals surface area contributed by atoms with E-state index in [0.29, 0.717) is 0 Å². The Morgan fingerprint density at radius 2 is 2.21 bits per heavy atom. The lowest BCUT2D eigenvalue weighted by Crippen LogP contribution is -2.16. The first kappa shape index (κ1) is 12.5. The van der Waals surface area contributed by atoms with Crippen LogP contribution in [-0.4, -0.2) is 13.1 Å². The predicted octanol–water partition coefficient (Wildman–Crippen LogP) is 3.54. The number of halogens is 2. The van der Waals surface area contributed by atoms with E-state index in [9.17, 15) is 0 Å². The lowest BCUT2D eigenvalue weighted by Gasteiger charge is -2.09. The number of alkyl halides is 1. The van der Waals surface area contributed by atoms with Gasteiger partial charge in [-0.3, -0.25) is 0 Å². The molecular weight excluding hydrogens is 353 g/mol. The van der Waals surface area contributed by atoms with Gasteiger partial charge in [-0.05, 0) is 36.7 Å². The first-order chi connectivity index (χ1) is 6.79. The molecule has 14 heavy (non-hydrogen) atoms. The van der Waals surface area contributed by atoms with Crippen LogP contribution in [0.1, 0.15) is 18.1 Å². The summed E-state index contributed by atoms with van der Waals surface area (Å²) in [4.78, 5) is 0.